The fraction of sp³-hybridized carbons (Fsp3) is 0.538. The molecular formula is C13H17FN2O4. The number of nitrogens with zero attached hydrogens (tertiary/aromatic N) is 1. The summed E-state index contributed by atoms with van der Waals surface area (Å²) in [5, 5.41) is 24.0. The molecule has 6 nitrogen and oxygen atoms in total. The van der Waals surface area contributed by atoms with Crippen molar-refractivity contribution in [3.05, 3.63) is 33.6 Å². The van der Waals surface area contributed by atoms with Crippen LogP contribution in [0.5, 0.6) is 5.75 Å². The summed E-state index contributed by atoms with van der Waals surface area (Å²) in [6, 6.07) is 2.13. The molecule has 0 unspecified atom stereocenters. The van der Waals surface area contributed by atoms with Gasteiger partial charge in [-0.2, -0.15) is 0 Å². The molecule has 0 radical (unpaired) electrons. The number of hydrogen-bond donors (Lipinski definition) is 2. The van der Waals surface area contributed by atoms with Crippen LogP contribution in [0.2, 0.25) is 0 Å². The molecule has 20 heavy (non-hydrogen) atoms. The van der Waals surface area contributed by atoms with Gasteiger partial charge < -0.3 is 15.2 Å². The number of hydrogen-bond acceptors (Lipinski definition) is 5. The smallest absolute Gasteiger partial charge is 0.275 e. The minimum Gasteiger partial charge on any atom is -0.487 e. The largest absolute Gasteiger partial charge is 0.487 e. The molecule has 0 aromatic heterocycles. The van der Waals surface area contributed by atoms with Gasteiger partial charge in [0.2, 0.25) is 0 Å². The molecule has 1 aliphatic heterocycles. The molecule has 110 valence electrons. The first-order valence-electron chi connectivity index (χ1n) is 6.42. The highest BCUT2D eigenvalue weighted by atomic mass is 19.1. The van der Waals surface area contributed by atoms with Gasteiger partial charge in [-0.3, -0.25) is 10.1 Å². The molecule has 1 heterocycles. The van der Waals surface area contributed by atoms with E-state index in [1.807, 2.05) is 0 Å². The monoisotopic (exact) mass is 284 g/mol. The van der Waals surface area contributed by atoms with Crippen molar-refractivity contribution in [2.24, 2.45) is 0 Å². The molecule has 0 amide bonds. The van der Waals surface area contributed by atoms with Gasteiger partial charge in [0.15, 0.2) is 11.6 Å². The van der Waals surface area contributed by atoms with Crippen LogP contribution in [0.3, 0.4) is 0 Å². The highest BCUT2D eigenvalue weighted by Gasteiger charge is 2.30. The SMILES string of the molecule is Cc1cc(OCC2(O)CCNCC2)c(F)cc1[N+](=O)[O-]. The van der Waals surface area contributed by atoms with Crippen LogP contribution in [0, 0.1) is 22.9 Å². The number of ether oxygens (including phenoxy) is 1. The predicted octanol–water partition coefficient (Wildman–Crippen LogP) is 1.54. The zero-order valence-corrected chi connectivity index (χ0v) is 11.2. The molecule has 1 aromatic carbocycles. The standard InChI is InChI=1S/C13H17FN2O4/c1-9-6-12(10(14)7-11(9)16(18)19)20-8-13(17)2-4-15-5-3-13/h6-7,15,17H,2-5,8H2,1H3. The minimum absolute atomic E-state index is 0.0249. The first-order valence-corrected chi connectivity index (χ1v) is 6.42. The van der Waals surface area contributed by atoms with Gasteiger partial charge >= 0.3 is 0 Å². The average molecular weight is 284 g/mol. The Kier molecular flexibility index (Phi) is 4.20. The molecule has 1 saturated heterocycles. The quantitative estimate of drug-likeness (QED) is 0.647. The molecule has 2 rings (SSSR count). The zero-order valence-electron chi connectivity index (χ0n) is 11.2. The highest BCUT2D eigenvalue weighted by Crippen LogP contribution is 2.28. The topological polar surface area (TPSA) is 84.6 Å². The average Bonchev–Trinajstić information content (AvgIpc) is 2.40. The Morgan fingerprint density at radius 2 is 2.15 bits per heavy atom. The van der Waals surface area contributed by atoms with Crippen LogP contribution >= 0.6 is 0 Å². The summed E-state index contributed by atoms with van der Waals surface area (Å²) < 4.78 is 19.1. The second-order valence-corrected chi connectivity index (χ2v) is 5.09. The van der Waals surface area contributed by atoms with E-state index in [4.69, 9.17) is 4.74 Å². The highest BCUT2D eigenvalue weighted by molar-refractivity contribution is 5.45. The lowest BCUT2D eigenvalue weighted by atomic mass is 9.93. The fourth-order valence-electron chi connectivity index (χ4n) is 2.20. The Morgan fingerprint density at radius 3 is 2.75 bits per heavy atom. The van der Waals surface area contributed by atoms with Crippen molar-refractivity contribution in [2.45, 2.75) is 25.4 Å². The van der Waals surface area contributed by atoms with Gasteiger partial charge in [0, 0.05) is 5.56 Å². The summed E-state index contributed by atoms with van der Waals surface area (Å²) in [5.74, 6) is -0.861. The van der Waals surface area contributed by atoms with E-state index in [-0.39, 0.29) is 18.0 Å². The van der Waals surface area contributed by atoms with Crippen molar-refractivity contribution in [3.8, 4) is 5.75 Å². The number of nitrogens with one attached hydrogen (secondary N) is 1. The molecule has 0 spiro atoms. The van der Waals surface area contributed by atoms with Gasteiger partial charge in [0.25, 0.3) is 5.69 Å². The second kappa shape index (κ2) is 5.72. The van der Waals surface area contributed by atoms with Crippen LogP contribution in [0.25, 0.3) is 0 Å². The van der Waals surface area contributed by atoms with E-state index in [9.17, 15) is 19.6 Å². The molecular weight excluding hydrogens is 267 g/mol. The molecule has 0 saturated carbocycles. The van der Waals surface area contributed by atoms with Crippen molar-refractivity contribution >= 4 is 5.69 Å². The molecule has 1 fully saturated rings. The third-order valence-corrected chi connectivity index (χ3v) is 3.48. The third kappa shape index (κ3) is 3.23. The minimum atomic E-state index is -0.979. The van der Waals surface area contributed by atoms with Crippen LogP contribution < -0.4 is 10.1 Å². The molecule has 0 bridgehead atoms. The second-order valence-electron chi connectivity index (χ2n) is 5.09. The summed E-state index contributed by atoms with van der Waals surface area (Å²) in [6.45, 7) is 2.86. The van der Waals surface area contributed by atoms with Crippen LogP contribution in [-0.2, 0) is 0 Å². The van der Waals surface area contributed by atoms with E-state index in [0.717, 1.165) is 6.07 Å². The molecule has 1 aromatic rings. The Morgan fingerprint density at radius 1 is 1.50 bits per heavy atom. The van der Waals surface area contributed by atoms with Crippen LogP contribution in [-0.4, -0.2) is 35.3 Å². The number of piperidine rings is 1. The predicted molar refractivity (Wildman–Crippen MR) is 70.3 cm³/mol. The summed E-state index contributed by atoms with van der Waals surface area (Å²) in [6.07, 6.45) is 1.06. The number of benzene rings is 1. The molecule has 0 aliphatic carbocycles. The maximum absolute atomic E-state index is 13.7. The van der Waals surface area contributed by atoms with E-state index in [1.54, 1.807) is 0 Å². The lowest BCUT2D eigenvalue weighted by Gasteiger charge is -2.32. The van der Waals surface area contributed by atoms with Gasteiger partial charge in [-0.25, -0.2) is 4.39 Å². The Bertz CT molecular complexity index is 515. The first-order chi connectivity index (χ1) is 9.41. The molecule has 0 atom stereocenters. The van der Waals surface area contributed by atoms with E-state index < -0.39 is 16.3 Å². The number of halogens is 1. The number of rotatable bonds is 4. The van der Waals surface area contributed by atoms with Crippen molar-refractivity contribution in [3.63, 3.8) is 0 Å². The number of aliphatic hydroxyl groups is 1. The molecule has 1 aliphatic rings. The molecule has 7 heteroatoms. The number of nitro benzene ring substituents is 1. The van der Waals surface area contributed by atoms with Crippen molar-refractivity contribution in [2.75, 3.05) is 19.7 Å². The van der Waals surface area contributed by atoms with E-state index >= 15 is 0 Å². The number of aryl methyl sites for hydroxylation is 1. The van der Waals surface area contributed by atoms with Gasteiger partial charge in [0.1, 0.15) is 12.2 Å². The zero-order chi connectivity index (χ0) is 14.8. The molecule has 2 N–H and O–H groups in total. The lowest BCUT2D eigenvalue weighted by molar-refractivity contribution is -0.385. The first kappa shape index (κ1) is 14.7. The maximum Gasteiger partial charge on any atom is 0.275 e. The third-order valence-electron chi connectivity index (χ3n) is 3.48. The van der Waals surface area contributed by atoms with Gasteiger partial charge in [0.05, 0.1) is 11.0 Å². The van der Waals surface area contributed by atoms with Gasteiger partial charge in [-0.05, 0) is 38.9 Å². The van der Waals surface area contributed by atoms with E-state index in [2.05, 4.69) is 5.32 Å². The van der Waals surface area contributed by atoms with Crippen molar-refractivity contribution < 1.29 is 19.2 Å². The summed E-state index contributed by atoms with van der Waals surface area (Å²) in [5.41, 5.74) is -0.938. The van der Waals surface area contributed by atoms with E-state index in [1.165, 1.54) is 13.0 Å². The fourth-order valence-corrected chi connectivity index (χ4v) is 2.20. The van der Waals surface area contributed by atoms with Crippen molar-refractivity contribution in [1.29, 1.82) is 0 Å². The number of nitro groups is 1. The summed E-state index contributed by atoms with van der Waals surface area (Å²) in [7, 11) is 0. The van der Waals surface area contributed by atoms with Crippen LogP contribution in [0.4, 0.5) is 10.1 Å². The van der Waals surface area contributed by atoms with Crippen LogP contribution in [0.1, 0.15) is 18.4 Å². The maximum atomic E-state index is 13.7. The summed E-state index contributed by atoms with van der Waals surface area (Å²) >= 11 is 0. The van der Waals surface area contributed by atoms with Gasteiger partial charge in [-0.1, -0.05) is 0 Å². The lowest BCUT2D eigenvalue weighted by Crippen LogP contribution is -2.46. The van der Waals surface area contributed by atoms with Crippen LogP contribution in [0.15, 0.2) is 12.1 Å². The van der Waals surface area contributed by atoms with E-state index in [0.29, 0.717) is 31.5 Å². The van der Waals surface area contributed by atoms with Gasteiger partial charge in [-0.15, -0.1) is 0 Å². The van der Waals surface area contributed by atoms with Crippen molar-refractivity contribution in [1.82, 2.24) is 5.32 Å². The normalized spacial score (nSPS) is 17.8. The Labute approximate surface area is 115 Å². The Hall–Kier alpha value is -1.73. The Balaban J connectivity index is 2.10. The summed E-state index contributed by atoms with van der Waals surface area (Å²) in [4.78, 5) is 10.1.